The van der Waals surface area contributed by atoms with E-state index in [9.17, 15) is 27.2 Å². The highest BCUT2D eigenvalue weighted by atomic mass is 35.5. The Hall–Kier alpha value is -3.72. The standard InChI is InChI=1S/C21H18ClF4N5O3/c1-20(23,24)16(30-28-3)6-13(10-32)9-31-11-29-18(21(2,25)26)17(19(31)33)34-15-5-12(8-27)4-14(22)7-15/h4-7,10-11,28H,9H2,1-3H3/b13-6-,30-16?. The number of benzene rings is 1. The number of aldehydes is 1. The highest BCUT2D eigenvalue weighted by Crippen LogP contribution is 2.33. The van der Waals surface area contributed by atoms with E-state index in [0.717, 1.165) is 17.0 Å². The van der Waals surface area contributed by atoms with Crippen LogP contribution in [0.2, 0.25) is 5.02 Å². The van der Waals surface area contributed by atoms with Crippen LogP contribution in [0.25, 0.3) is 0 Å². The van der Waals surface area contributed by atoms with E-state index in [-0.39, 0.29) is 28.2 Å². The van der Waals surface area contributed by atoms with Crippen molar-refractivity contribution >= 4 is 23.6 Å². The molecule has 0 amide bonds. The first-order valence-electron chi connectivity index (χ1n) is 9.45. The molecule has 2 rings (SSSR count). The lowest BCUT2D eigenvalue weighted by Gasteiger charge is -2.17. The average molecular weight is 500 g/mol. The van der Waals surface area contributed by atoms with Crippen molar-refractivity contribution in [3.8, 4) is 17.6 Å². The van der Waals surface area contributed by atoms with Gasteiger partial charge in [-0.15, -0.1) is 0 Å². The third-order valence-electron chi connectivity index (χ3n) is 4.14. The van der Waals surface area contributed by atoms with Gasteiger partial charge in [0, 0.05) is 31.5 Å². The molecule has 0 aliphatic carbocycles. The molecule has 1 aromatic heterocycles. The van der Waals surface area contributed by atoms with Gasteiger partial charge in [0.05, 0.1) is 24.5 Å². The second-order valence-corrected chi connectivity index (χ2v) is 7.52. The number of hydrogen-bond acceptors (Lipinski definition) is 7. The van der Waals surface area contributed by atoms with E-state index in [1.807, 2.05) is 0 Å². The van der Waals surface area contributed by atoms with Gasteiger partial charge >= 0.3 is 0 Å². The van der Waals surface area contributed by atoms with Gasteiger partial charge in [0.2, 0.25) is 5.75 Å². The van der Waals surface area contributed by atoms with Gasteiger partial charge in [-0.3, -0.25) is 14.2 Å². The molecule has 34 heavy (non-hydrogen) atoms. The Labute approximate surface area is 196 Å². The zero-order valence-electron chi connectivity index (χ0n) is 18.1. The summed E-state index contributed by atoms with van der Waals surface area (Å²) in [5.74, 6) is -8.11. The number of ether oxygens (including phenoxy) is 1. The summed E-state index contributed by atoms with van der Waals surface area (Å²) in [7, 11) is 1.27. The first-order valence-corrected chi connectivity index (χ1v) is 9.82. The zero-order valence-corrected chi connectivity index (χ0v) is 18.8. The van der Waals surface area contributed by atoms with Gasteiger partial charge in [-0.2, -0.15) is 27.9 Å². The molecule has 1 aromatic carbocycles. The molecular formula is C21H18ClF4N5O3. The number of nitrogens with zero attached hydrogens (tertiary/aromatic N) is 4. The van der Waals surface area contributed by atoms with Crippen molar-refractivity contribution in [2.75, 3.05) is 7.05 Å². The van der Waals surface area contributed by atoms with Crippen molar-refractivity contribution in [1.29, 1.82) is 5.26 Å². The minimum absolute atomic E-state index is 0.0412. The molecule has 8 nitrogen and oxygen atoms in total. The van der Waals surface area contributed by atoms with Crippen molar-refractivity contribution in [3.63, 3.8) is 0 Å². The van der Waals surface area contributed by atoms with Gasteiger partial charge in [0.25, 0.3) is 17.4 Å². The lowest BCUT2D eigenvalue weighted by Crippen LogP contribution is -2.28. The van der Waals surface area contributed by atoms with E-state index in [0.29, 0.717) is 13.8 Å². The predicted octanol–water partition coefficient (Wildman–Crippen LogP) is 4.03. The number of aromatic nitrogens is 2. The number of allylic oxidation sites excluding steroid dienone is 2. The van der Waals surface area contributed by atoms with Gasteiger partial charge in [-0.25, -0.2) is 4.98 Å². The summed E-state index contributed by atoms with van der Waals surface area (Å²) < 4.78 is 61.8. The van der Waals surface area contributed by atoms with Gasteiger partial charge in [0.1, 0.15) is 17.7 Å². The largest absolute Gasteiger partial charge is 0.449 e. The number of carbonyl (C=O) groups excluding carboxylic acids is 1. The number of carbonyl (C=O) groups is 1. The summed E-state index contributed by atoms with van der Waals surface area (Å²) in [6.07, 6.45) is 1.70. The highest BCUT2D eigenvalue weighted by Gasteiger charge is 2.34. The van der Waals surface area contributed by atoms with E-state index in [1.165, 1.54) is 25.2 Å². The fourth-order valence-electron chi connectivity index (χ4n) is 2.66. The van der Waals surface area contributed by atoms with Crippen molar-refractivity contribution in [2.24, 2.45) is 5.10 Å². The Kier molecular flexibility index (Phi) is 8.17. The SMILES string of the molecule is CNN=C(/C=C(\C=O)Cn1cnc(C(C)(F)F)c(Oc2cc(Cl)cc(C#N)c2)c1=O)C(C)(F)F. The van der Waals surface area contributed by atoms with Gasteiger partial charge in [-0.1, -0.05) is 11.6 Å². The summed E-state index contributed by atoms with van der Waals surface area (Å²) in [5, 5.41) is 12.5. The van der Waals surface area contributed by atoms with Crippen LogP contribution in [0.3, 0.4) is 0 Å². The first-order chi connectivity index (χ1) is 15.8. The van der Waals surface area contributed by atoms with E-state index < -0.39 is 41.1 Å². The minimum Gasteiger partial charge on any atom is -0.449 e. The fraction of sp³-hybridized carbons (Fsp3) is 0.286. The number of nitrogens with one attached hydrogen (secondary N) is 1. The molecule has 0 unspecified atom stereocenters. The molecule has 0 saturated carbocycles. The molecule has 0 aliphatic heterocycles. The summed E-state index contributed by atoms with van der Waals surface area (Å²) in [6.45, 7) is 0.449. The molecule has 0 bridgehead atoms. The molecule has 0 spiro atoms. The Morgan fingerprint density at radius 1 is 1.32 bits per heavy atom. The molecule has 0 radical (unpaired) electrons. The second kappa shape index (κ2) is 10.5. The van der Waals surface area contributed by atoms with Gasteiger partial charge in [0.15, 0.2) is 5.69 Å². The molecule has 1 N–H and O–H groups in total. The fourth-order valence-corrected chi connectivity index (χ4v) is 2.88. The topological polar surface area (TPSA) is 109 Å². The number of nitriles is 1. The van der Waals surface area contributed by atoms with E-state index >= 15 is 0 Å². The van der Waals surface area contributed by atoms with Crippen LogP contribution in [0.5, 0.6) is 11.5 Å². The Bertz CT molecular complexity index is 1240. The van der Waals surface area contributed by atoms with Crippen LogP contribution in [-0.4, -0.2) is 34.5 Å². The van der Waals surface area contributed by atoms with Crippen molar-refractivity contribution in [3.05, 3.63) is 62.8 Å². The van der Waals surface area contributed by atoms with Crippen LogP contribution in [0, 0.1) is 11.3 Å². The Balaban J connectivity index is 2.60. The van der Waals surface area contributed by atoms with Crippen molar-refractivity contribution in [2.45, 2.75) is 32.2 Å². The van der Waals surface area contributed by atoms with Crippen molar-refractivity contribution in [1.82, 2.24) is 15.0 Å². The quantitative estimate of drug-likeness (QED) is 0.183. The van der Waals surface area contributed by atoms with Crippen LogP contribution in [0.15, 0.2) is 46.1 Å². The summed E-state index contributed by atoms with van der Waals surface area (Å²) in [5.41, 5.74) is -1.04. The lowest BCUT2D eigenvalue weighted by atomic mass is 10.1. The van der Waals surface area contributed by atoms with Crippen LogP contribution >= 0.6 is 11.6 Å². The van der Waals surface area contributed by atoms with Crippen LogP contribution < -0.4 is 15.7 Å². The summed E-state index contributed by atoms with van der Waals surface area (Å²) in [4.78, 5) is 28.0. The molecule has 0 fully saturated rings. The van der Waals surface area contributed by atoms with E-state index in [4.69, 9.17) is 21.6 Å². The minimum atomic E-state index is -3.61. The summed E-state index contributed by atoms with van der Waals surface area (Å²) >= 11 is 5.89. The van der Waals surface area contributed by atoms with Crippen LogP contribution in [0.4, 0.5) is 17.6 Å². The lowest BCUT2D eigenvalue weighted by molar-refractivity contribution is -0.105. The predicted molar refractivity (Wildman–Crippen MR) is 116 cm³/mol. The van der Waals surface area contributed by atoms with E-state index in [1.54, 1.807) is 6.07 Å². The molecule has 2 aromatic rings. The summed E-state index contributed by atoms with van der Waals surface area (Å²) in [6, 6.07) is 5.45. The third kappa shape index (κ3) is 6.64. The molecule has 1 heterocycles. The number of alkyl halides is 4. The number of hydrazone groups is 1. The number of hydrogen-bond donors (Lipinski definition) is 1. The molecule has 180 valence electrons. The third-order valence-corrected chi connectivity index (χ3v) is 4.36. The Morgan fingerprint density at radius 2 is 2.00 bits per heavy atom. The van der Waals surface area contributed by atoms with E-state index in [2.05, 4.69) is 15.5 Å². The first kappa shape index (κ1) is 26.5. The number of rotatable bonds is 9. The molecule has 0 atom stereocenters. The normalized spacial score (nSPS) is 12.8. The highest BCUT2D eigenvalue weighted by molar-refractivity contribution is 6.30. The molecule has 0 saturated heterocycles. The smallest absolute Gasteiger partial charge is 0.297 e. The van der Waals surface area contributed by atoms with Crippen LogP contribution in [0.1, 0.15) is 25.1 Å². The van der Waals surface area contributed by atoms with Gasteiger partial charge < -0.3 is 10.2 Å². The number of halogens is 5. The molecule has 13 heteroatoms. The molecular weight excluding hydrogens is 482 g/mol. The van der Waals surface area contributed by atoms with Gasteiger partial charge in [-0.05, 0) is 24.3 Å². The second-order valence-electron chi connectivity index (χ2n) is 7.08. The van der Waals surface area contributed by atoms with Crippen LogP contribution in [-0.2, 0) is 17.3 Å². The molecule has 0 aliphatic rings. The maximum absolute atomic E-state index is 14.1. The monoisotopic (exact) mass is 499 g/mol. The van der Waals surface area contributed by atoms with Crippen molar-refractivity contribution < 1.29 is 27.1 Å². The Morgan fingerprint density at radius 3 is 2.53 bits per heavy atom. The average Bonchev–Trinajstić information content (AvgIpc) is 2.73. The maximum atomic E-state index is 14.1. The zero-order chi connectivity index (χ0) is 25.7. The maximum Gasteiger partial charge on any atom is 0.297 e.